The lowest BCUT2D eigenvalue weighted by Crippen LogP contribution is -2.44. The summed E-state index contributed by atoms with van der Waals surface area (Å²) in [4.78, 5) is 2.24. The molecule has 2 unspecified atom stereocenters. The molecule has 72 valence electrons. The first-order chi connectivity index (χ1) is 5.72. The van der Waals surface area contributed by atoms with Crippen molar-refractivity contribution >= 4 is 15.9 Å². The number of morpholine rings is 1. The van der Waals surface area contributed by atoms with Crippen LogP contribution in [0.3, 0.4) is 0 Å². The third kappa shape index (κ3) is 3.39. The Hall–Kier alpha value is 0.360. The molecule has 1 heterocycles. The van der Waals surface area contributed by atoms with Crippen molar-refractivity contribution < 1.29 is 9.84 Å². The molecule has 1 aliphatic rings. The molecule has 1 fully saturated rings. The van der Waals surface area contributed by atoms with E-state index in [1.165, 1.54) is 0 Å². The molecule has 3 nitrogen and oxygen atoms in total. The Kier molecular flexibility index (Phi) is 4.50. The summed E-state index contributed by atoms with van der Waals surface area (Å²) in [5.74, 6) is 0. The fraction of sp³-hybridized carbons (Fsp3) is 1.00. The van der Waals surface area contributed by atoms with Gasteiger partial charge in [0.15, 0.2) is 0 Å². The van der Waals surface area contributed by atoms with Crippen LogP contribution in [0.2, 0.25) is 0 Å². The van der Waals surface area contributed by atoms with Crippen molar-refractivity contribution in [2.24, 2.45) is 0 Å². The van der Waals surface area contributed by atoms with E-state index in [9.17, 15) is 5.11 Å². The minimum absolute atomic E-state index is 0.254. The zero-order valence-corrected chi connectivity index (χ0v) is 8.96. The van der Waals surface area contributed by atoms with E-state index in [1.807, 2.05) is 0 Å². The number of β-amino-alcohol motifs (C(OH)–C–C–N with tert-alkyl or cyclic N) is 1. The SMILES string of the molecule is CC1CN(CC(O)CBr)CCO1. The Morgan fingerprint density at radius 3 is 3.08 bits per heavy atom. The van der Waals surface area contributed by atoms with Gasteiger partial charge in [0, 0.05) is 25.0 Å². The highest BCUT2D eigenvalue weighted by atomic mass is 79.9. The average molecular weight is 238 g/mol. The van der Waals surface area contributed by atoms with E-state index in [0.29, 0.717) is 11.4 Å². The first-order valence-electron chi connectivity index (χ1n) is 4.30. The van der Waals surface area contributed by atoms with Gasteiger partial charge >= 0.3 is 0 Å². The maximum Gasteiger partial charge on any atom is 0.0763 e. The van der Waals surface area contributed by atoms with Crippen LogP contribution < -0.4 is 0 Å². The van der Waals surface area contributed by atoms with E-state index in [2.05, 4.69) is 27.8 Å². The van der Waals surface area contributed by atoms with Gasteiger partial charge in [-0.1, -0.05) is 15.9 Å². The number of halogens is 1. The summed E-state index contributed by atoms with van der Waals surface area (Å²) in [5.41, 5.74) is 0. The maximum absolute atomic E-state index is 9.37. The standard InChI is InChI=1S/C8H16BrNO2/c1-7-5-10(2-3-12-7)6-8(11)4-9/h7-8,11H,2-6H2,1H3. The van der Waals surface area contributed by atoms with E-state index >= 15 is 0 Å². The molecule has 0 radical (unpaired) electrons. The van der Waals surface area contributed by atoms with Crippen LogP contribution in [0.15, 0.2) is 0 Å². The molecule has 0 aromatic heterocycles. The van der Waals surface area contributed by atoms with Gasteiger partial charge in [0.2, 0.25) is 0 Å². The molecule has 0 aromatic rings. The second-order valence-corrected chi connectivity index (χ2v) is 3.90. The van der Waals surface area contributed by atoms with Crippen LogP contribution in [0.5, 0.6) is 0 Å². The molecule has 1 N–H and O–H groups in total. The summed E-state index contributed by atoms with van der Waals surface area (Å²) in [6, 6.07) is 0. The first kappa shape index (κ1) is 10.4. The summed E-state index contributed by atoms with van der Waals surface area (Å²) >= 11 is 3.25. The topological polar surface area (TPSA) is 32.7 Å². The van der Waals surface area contributed by atoms with Crippen LogP contribution in [0, 0.1) is 0 Å². The van der Waals surface area contributed by atoms with Gasteiger partial charge in [0.1, 0.15) is 0 Å². The van der Waals surface area contributed by atoms with Gasteiger partial charge < -0.3 is 9.84 Å². The minimum Gasteiger partial charge on any atom is -0.391 e. The molecule has 1 aliphatic heterocycles. The largest absolute Gasteiger partial charge is 0.391 e. The summed E-state index contributed by atoms with van der Waals surface area (Å²) in [6.45, 7) is 5.47. The minimum atomic E-state index is -0.254. The Morgan fingerprint density at radius 1 is 1.75 bits per heavy atom. The zero-order valence-electron chi connectivity index (χ0n) is 7.37. The van der Waals surface area contributed by atoms with Crippen molar-refractivity contribution in [3.05, 3.63) is 0 Å². The van der Waals surface area contributed by atoms with Gasteiger partial charge in [-0.15, -0.1) is 0 Å². The number of ether oxygens (including phenoxy) is 1. The highest BCUT2D eigenvalue weighted by Crippen LogP contribution is 2.05. The lowest BCUT2D eigenvalue weighted by Gasteiger charge is -2.32. The smallest absolute Gasteiger partial charge is 0.0763 e. The number of hydrogen-bond donors (Lipinski definition) is 1. The molecule has 4 heteroatoms. The number of aliphatic hydroxyl groups is 1. The Labute approximate surface area is 81.8 Å². The quantitative estimate of drug-likeness (QED) is 0.725. The summed E-state index contributed by atoms with van der Waals surface area (Å²) in [7, 11) is 0. The van der Waals surface area contributed by atoms with E-state index in [0.717, 1.165) is 26.2 Å². The van der Waals surface area contributed by atoms with E-state index < -0.39 is 0 Å². The van der Waals surface area contributed by atoms with Crippen molar-refractivity contribution in [1.82, 2.24) is 4.90 Å². The lowest BCUT2D eigenvalue weighted by molar-refractivity contribution is -0.0291. The third-order valence-electron chi connectivity index (χ3n) is 1.97. The highest BCUT2D eigenvalue weighted by Gasteiger charge is 2.18. The first-order valence-corrected chi connectivity index (χ1v) is 5.42. The predicted molar refractivity (Wildman–Crippen MR) is 51.7 cm³/mol. The fourth-order valence-electron chi connectivity index (χ4n) is 1.40. The zero-order chi connectivity index (χ0) is 8.97. The highest BCUT2D eigenvalue weighted by molar-refractivity contribution is 9.09. The normalized spacial score (nSPS) is 28.8. The van der Waals surface area contributed by atoms with Gasteiger partial charge in [0.05, 0.1) is 18.8 Å². The van der Waals surface area contributed by atoms with Crippen LogP contribution >= 0.6 is 15.9 Å². The van der Waals surface area contributed by atoms with Crippen molar-refractivity contribution in [2.45, 2.75) is 19.1 Å². The molecule has 1 rings (SSSR count). The van der Waals surface area contributed by atoms with E-state index in [4.69, 9.17) is 4.74 Å². The Balaban J connectivity index is 2.22. The molecular weight excluding hydrogens is 222 g/mol. The monoisotopic (exact) mass is 237 g/mol. The van der Waals surface area contributed by atoms with Crippen LogP contribution in [-0.2, 0) is 4.74 Å². The number of alkyl halides is 1. The molecule has 0 amide bonds. The Morgan fingerprint density at radius 2 is 2.50 bits per heavy atom. The molecule has 0 aromatic carbocycles. The number of nitrogens with zero attached hydrogens (tertiary/aromatic N) is 1. The molecule has 2 atom stereocenters. The van der Waals surface area contributed by atoms with Gasteiger partial charge in [-0.2, -0.15) is 0 Å². The molecule has 1 saturated heterocycles. The Bertz CT molecular complexity index is 134. The fourth-order valence-corrected chi connectivity index (χ4v) is 1.61. The number of hydrogen-bond acceptors (Lipinski definition) is 3. The number of aliphatic hydroxyl groups excluding tert-OH is 1. The maximum atomic E-state index is 9.37. The second-order valence-electron chi connectivity index (χ2n) is 3.25. The molecule has 12 heavy (non-hydrogen) atoms. The average Bonchev–Trinajstić information content (AvgIpc) is 2.04. The molecule has 0 saturated carbocycles. The molecular formula is C8H16BrNO2. The van der Waals surface area contributed by atoms with Crippen molar-refractivity contribution in [2.75, 3.05) is 31.6 Å². The van der Waals surface area contributed by atoms with Crippen LogP contribution in [0.1, 0.15) is 6.92 Å². The van der Waals surface area contributed by atoms with E-state index in [1.54, 1.807) is 0 Å². The van der Waals surface area contributed by atoms with E-state index in [-0.39, 0.29) is 6.10 Å². The van der Waals surface area contributed by atoms with Gasteiger partial charge in [-0.25, -0.2) is 0 Å². The van der Waals surface area contributed by atoms with Crippen molar-refractivity contribution in [1.29, 1.82) is 0 Å². The lowest BCUT2D eigenvalue weighted by atomic mass is 10.2. The second kappa shape index (κ2) is 5.17. The molecule has 0 bridgehead atoms. The molecule has 0 aliphatic carbocycles. The number of rotatable bonds is 3. The van der Waals surface area contributed by atoms with Gasteiger partial charge in [0.25, 0.3) is 0 Å². The van der Waals surface area contributed by atoms with Crippen LogP contribution in [0.25, 0.3) is 0 Å². The van der Waals surface area contributed by atoms with Crippen molar-refractivity contribution in [3.8, 4) is 0 Å². The third-order valence-corrected chi connectivity index (χ3v) is 2.72. The summed E-state index contributed by atoms with van der Waals surface area (Å²) in [5, 5.41) is 10.0. The summed E-state index contributed by atoms with van der Waals surface area (Å²) in [6.07, 6.45) is 0.0524. The summed E-state index contributed by atoms with van der Waals surface area (Å²) < 4.78 is 5.39. The van der Waals surface area contributed by atoms with Gasteiger partial charge in [-0.3, -0.25) is 4.90 Å². The van der Waals surface area contributed by atoms with Crippen LogP contribution in [-0.4, -0.2) is 53.8 Å². The van der Waals surface area contributed by atoms with Crippen molar-refractivity contribution in [3.63, 3.8) is 0 Å². The molecule has 0 spiro atoms. The predicted octanol–water partition coefficient (Wildman–Crippen LogP) is 0.463. The van der Waals surface area contributed by atoms with Gasteiger partial charge in [-0.05, 0) is 6.92 Å². The van der Waals surface area contributed by atoms with Crippen LogP contribution in [0.4, 0.5) is 0 Å².